The first-order chi connectivity index (χ1) is 13.1. The minimum atomic E-state index is -0.0183. The lowest BCUT2D eigenvalue weighted by Gasteiger charge is -2.08. The number of hydrogen-bond donors (Lipinski definition) is 2. The van der Waals surface area contributed by atoms with E-state index >= 15 is 0 Å². The van der Waals surface area contributed by atoms with E-state index in [1.807, 2.05) is 48.7 Å². The van der Waals surface area contributed by atoms with Crippen molar-refractivity contribution in [2.24, 2.45) is 0 Å². The number of fused-ring (bicyclic) bond motifs is 2. The van der Waals surface area contributed by atoms with Crippen LogP contribution in [-0.2, 0) is 6.42 Å². The molecule has 27 heavy (non-hydrogen) atoms. The maximum absolute atomic E-state index is 12.7. The van der Waals surface area contributed by atoms with Crippen LogP contribution in [0.25, 0.3) is 21.9 Å². The van der Waals surface area contributed by atoms with Gasteiger partial charge in [-0.3, -0.25) is 4.79 Å². The molecule has 4 aromatic rings. The molecule has 2 heterocycles. The molecule has 138 valence electrons. The third-order valence-electron chi connectivity index (χ3n) is 4.86. The minimum absolute atomic E-state index is 0.0183. The first-order valence-electron chi connectivity index (χ1n) is 9.45. The highest BCUT2D eigenvalue weighted by Crippen LogP contribution is 2.24. The summed E-state index contributed by atoms with van der Waals surface area (Å²) in [5, 5.41) is 4.05. The number of carbonyl (C=O) groups is 1. The zero-order valence-corrected chi connectivity index (χ0v) is 15.7. The van der Waals surface area contributed by atoms with E-state index in [4.69, 9.17) is 0 Å². The molecule has 0 saturated carbocycles. The fourth-order valence-corrected chi connectivity index (χ4v) is 3.49. The lowest BCUT2D eigenvalue weighted by molar-refractivity contribution is 0.0954. The predicted molar refractivity (Wildman–Crippen MR) is 109 cm³/mol. The molecule has 4 rings (SSSR count). The molecule has 0 aliphatic heterocycles. The number of amides is 1. The molecule has 2 aromatic heterocycles. The third-order valence-corrected chi connectivity index (χ3v) is 4.86. The van der Waals surface area contributed by atoms with Crippen LogP contribution in [0.5, 0.6) is 0 Å². The number of carbonyl (C=O) groups excluding carboxylic acids is 1. The van der Waals surface area contributed by atoms with Crippen LogP contribution in [0.2, 0.25) is 0 Å². The molecule has 5 nitrogen and oxygen atoms in total. The van der Waals surface area contributed by atoms with Crippen molar-refractivity contribution in [2.45, 2.75) is 32.7 Å². The van der Waals surface area contributed by atoms with Gasteiger partial charge in [0.15, 0.2) is 0 Å². The van der Waals surface area contributed by atoms with Crippen LogP contribution in [-0.4, -0.2) is 27.0 Å². The number of aryl methyl sites for hydroxylation is 1. The number of nitrogens with zero attached hydrogens (tertiary/aromatic N) is 2. The van der Waals surface area contributed by atoms with Crippen molar-refractivity contribution in [1.82, 2.24) is 19.9 Å². The van der Waals surface area contributed by atoms with Crippen LogP contribution in [0.4, 0.5) is 0 Å². The average molecular weight is 360 g/mol. The van der Waals surface area contributed by atoms with Gasteiger partial charge in [-0.1, -0.05) is 30.3 Å². The van der Waals surface area contributed by atoms with Gasteiger partial charge < -0.3 is 14.9 Å². The number of aromatic amines is 1. The maximum Gasteiger partial charge on any atom is 0.253 e. The van der Waals surface area contributed by atoms with E-state index < -0.39 is 0 Å². The molecule has 0 saturated heterocycles. The average Bonchev–Trinajstić information content (AvgIpc) is 3.26. The van der Waals surface area contributed by atoms with Gasteiger partial charge in [0.05, 0.1) is 16.6 Å². The van der Waals surface area contributed by atoms with E-state index in [9.17, 15) is 4.79 Å². The van der Waals surface area contributed by atoms with Gasteiger partial charge in [-0.2, -0.15) is 0 Å². The summed E-state index contributed by atoms with van der Waals surface area (Å²) in [6.45, 7) is 4.87. The molecule has 0 unspecified atom stereocenters. The normalized spacial score (nSPS) is 11.5. The van der Waals surface area contributed by atoms with Crippen LogP contribution < -0.4 is 5.32 Å². The Labute approximate surface area is 158 Å². The highest BCUT2D eigenvalue weighted by Gasteiger charge is 2.15. The number of hydrogen-bond acceptors (Lipinski definition) is 2. The molecule has 5 heteroatoms. The van der Waals surface area contributed by atoms with E-state index in [2.05, 4.69) is 39.8 Å². The molecule has 2 aromatic carbocycles. The SMILES string of the molecule is CC(C)n1cc(C(=O)NCCCc2nc3ccccc3[nH]2)c2ccccc21. The highest BCUT2D eigenvalue weighted by molar-refractivity contribution is 6.07. The van der Waals surface area contributed by atoms with Gasteiger partial charge in [-0.25, -0.2) is 4.98 Å². The Kier molecular flexibility index (Phi) is 4.67. The van der Waals surface area contributed by atoms with Crippen LogP contribution >= 0.6 is 0 Å². The van der Waals surface area contributed by atoms with Gasteiger partial charge in [0.25, 0.3) is 5.91 Å². The summed E-state index contributed by atoms with van der Waals surface area (Å²) in [5.41, 5.74) is 3.87. The second-order valence-corrected chi connectivity index (χ2v) is 7.12. The Morgan fingerprint density at radius 1 is 1.15 bits per heavy atom. The number of nitrogens with one attached hydrogen (secondary N) is 2. The van der Waals surface area contributed by atoms with E-state index in [1.165, 1.54) is 0 Å². The van der Waals surface area contributed by atoms with E-state index in [0.29, 0.717) is 12.6 Å². The van der Waals surface area contributed by atoms with Crippen molar-refractivity contribution >= 4 is 27.8 Å². The molecule has 0 radical (unpaired) electrons. The van der Waals surface area contributed by atoms with E-state index in [0.717, 1.165) is 46.2 Å². The largest absolute Gasteiger partial charge is 0.352 e. The number of H-pyrrole nitrogens is 1. The van der Waals surface area contributed by atoms with Gasteiger partial charge in [0.2, 0.25) is 0 Å². The zero-order valence-electron chi connectivity index (χ0n) is 15.7. The molecular formula is C22H24N4O. The van der Waals surface area contributed by atoms with Crippen molar-refractivity contribution in [1.29, 1.82) is 0 Å². The smallest absolute Gasteiger partial charge is 0.253 e. The quantitative estimate of drug-likeness (QED) is 0.499. The molecule has 0 aliphatic rings. The summed E-state index contributed by atoms with van der Waals surface area (Å²) in [4.78, 5) is 20.6. The summed E-state index contributed by atoms with van der Waals surface area (Å²) < 4.78 is 2.15. The van der Waals surface area contributed by atoms with Gasteiger partial charge >= 0.3 is 0 Å². The van der Waals surface area contributed by atoms with E-state index in [1.54, 1.807) is 0 Å². The Morgan fingerprint density at radius 3 is 2.74 bits per heavy atom. The first kappa shape index (κ1) is 17.3. The number of para-hydroxylation sites is 3. The Morgan fingerprint density at radius 2 is 1.93 bits per heavy atom. The number of imidazole rings is 1. The highest BCUT2D eigenvalue weighted by atomic mass is 16.1. The first-order valence-corrected chi connectivity index (χ1v) is 9.45. The second-order valence-electron chi connectivity index (χ2n) is 7.12. The van der Waals surface area contributed by atoms with Gasteiger partial charge in [0, 0.05) is 36.1 Å². The fraction of sp³-hybridized carbons (Fsp3) is 0.273. The summed E-state index contributed by atoms with van der Waals surface area (Å²) in [6.07, 6.45) is 3.61. The molecule has 0 fully saturated rings. The molecule has 1 amide bonds. The van der Waals surface area contributed by atoms with Crippen LogP contribution in [0.15, 0.2) is 54.7 Å². The number of benzene rings is 2. The Hall–Kier alpha value is -3.08. The van der Waals surface area contributed by atoms with Crippen LogP contribution in [0.3, 0.4) is 0 Å². The zero-order chi connectivity index (χ0) is 18.8. The van der Waals surface area contributed by atoms with Crippen molar-refractivity contribution < 1.29 is 4.79 Å². The minimum Gasteiger partial charge on any atom is -0.352 e. The lowest BCUT2D eigenvalue weighted by atomic mass is 10.1. The Balaban J connectivity index is 1.40. The second kappa shape index (κ2) is 7.27. The molecule has 0 bridgehead atoms. The third kappa shape index (κ3) is 3.45. The van der Waals surface area contributed by atoms with Crippen molar-refractivity contribution in [3.05, 3.63) is 66.1 Å². The monoisotopic (exact) mass is 360 g/mol. The molecule has 0 spiro atoms. The van der Waals surface area contributed by atoms with Crippen molar-refractivity contribution in [3.63, 3.8) is 0 Å². The van der Waals surface area contributed by atoms with Gasteiger partial charge in [0.1, 0.15) is 5.82 Å². The molecule has 0 atom stereocenters. The predicted octanol–water partition coefficient (Wildman–Crippen LogP) is 4.46. The van der Waals surface area contributed by atoms with Gasteiger partial charge in [-0.05, 0) is 38.5 Å². The molecular weight excluding hydrogens is 336 g/mol. The summed E-state index contributed by atoms with van der Waals surface area (Å²) in [6, 6.07) is 16.4. The summed E-state index contributed by atoms with van der Waals surface area (Å²) >= 11 is 0. The summed E-state index contributed by atoms with van der Waals surface area (Å²) in [5.74, 6) is 0.942. The lowest BCUT2D eigenvalue weighted by Crippen LogP contribution is -2.24. The number of rotatable bonds is 6. The van der Waals surface area contributed by atoms with Gasteiger partial charge in [-0.15, -0.1) is 0 Å². The Bertz CT molecular complexity index is 1060. The fourth-order valence-electron chi connectivity index (χ4n) is 3.49. The molecule has 0 aliphatic carbocycles. The molecule has 2 N–H and O–H groups in total. The summed E-state index contributed by atoms with van der Waals surface area (Å²) in [7, 11) is 0. The van der Waals surface area contributed by atoms with Crippen molar-refractivity contribution in [2.75, 3.05) is 6.54 Å². The van der Waals surface area contributed by atoms with Crippen LogP contribution in [0.1, 0.15) is 42.5 Å². The maximum atomic E-state index is 12.7. The van der Waals surface area contributed by atoms with Crippen LogP contribution in [0, 0.1) is 0 Å². The number of aromatic nitrogens is 3. The van der Waals surface area contributed by atoms with Crippen molar-refractivity contribution in [3.8, 4) is 0 Å². The standard InChI is InChI=1S/C22H24N4O/c1-15(2)26-14-17(16-8-3-6-11-20(16)26)22(27)23-13-7-12-21-24-18-9-4-5-10-19(18)25-21/h3-6,8-11,14-15H,7,12-13H2,1-2H3,(H,23,27)(H,24,25). The van der Waals surface area contributed by atoms with E-state index in [-0.39, 0.29) is 5.91 Å². The topological polar surface area (TPSA) is 62.7 Å².